The van der Waals surface area contributed by atoms with Crippen molar-refractivity contribution in [2.45, 2.75) is 19.8 Å². The number of nitrogens with zero attached hydrogens (tertiary/aromatic N) is 2. The highest BCUT2D eigenvalue weighted by molar-refractivity contribution is 5.95. The van der Waals surface area contributed by atoms with Crippen molar-refractivity contribution in [3.05, 3.63) is 54.4 Å². The van der Waals surface area contributed by atoms with Gasteiger partial charge in [-0.25, -0.2) is 4.79 Å². The lowest BCUT2D eigenvalue weighted by Gasteiger charge is -2.18. The van der Waals surface area contributed by atoms with E-state index in [1.807, 2.05) is 42.2 Å². The van der Waals surface area contributed by atoms with Gasteiger partial charge in [0.1, 0.15) is 0 Å². The van der Waals surface area contributed by atoms with E-state index in [4.69, 9.17) is 0 Å². The maximum Gasteiger partial charge on any atom is 0.321 e. The Balaban J connectivity index is 1.34. The number of hydrogen-bond acceptors (Lipinski definition) is 3. The molecule has 6 nitrogen and oxygen atoms in total. The molecule has 1 aromatic carbocycles. The van der Waals surface area contributed by atoms with E-state index in [1.54, 1.807) is 18.5 Å². The lowest BCUT2D eigenvalue weighted by atomic mass is 10.0. The van der Waals surface area contributed by atoms with Crippen LogP contribution < -0.4 is 10.6 Å². The maximum absolute atomic E-state index is 12.5. The van der Waals surface area contributed by atoms with Crippen LogP contribution in [0.4, 0.5) is 16.2 Å². The molecule has 26 heavy (non-hydrogen) atoms. The predicted octanol–water partition coefficient (Wildman–Crippen LogP) is 3.27. The molecule has 134 valence electrons. The minimum Gasteiger partial charge on any atom is -0.324 e. The summed E-state index contributed by atoms with van der Waals surface area (Å²) in [5, 5.41) is 5.88. The standard InChI is InChI=1S/C20H22N4O2/c1-14-4-2-5-15(10-14)23-19(26)24-9-7-20(13-24)11-17(20)18(25)22-16-6-3-8-21-12-16/h2-6,8,10,12,17H,7,9,11,13H2,1H3,(H,22,25)(H,23,26)/t17-,20-/m0/s1. The normalized spacial score (nSPS) is 23.7. The van der Waals surface area contributed by atoms with Gasteiger partial charge in [-0.1, -0.05) is 12.1 Å². The van der Waals surface area contributed by atoms with E-state index in [2.05, 4.69) is 15.6 Å². The number of aromatic nitrogens is 1. The fourth-order valence-corrected chi connectivity index (χ4v) is 3.83. The first kappa shape index (κ1) is 16.6. The molecule has 0 radical (unpaired) electrons. The topological polar surface area (TPSA) is 74.3 Å². The van der Waals surface area contributed by atoms with Crippen LogP contribution in [-0.4, -0.2) is 34.9 Å². The minimum atomic E-state index is -0.0919. The second-order valence-corrected chi connectivity index (χ2v) is 7.32. The molecule has 2 atom stereocenters. The molecule has 1 spiro atoms. The van der Waals surface area contributed by atoms with Crippen molar-refractivity contribution < 1.29 is 9.59 Å². The molecule has 2 aliphatic rings. The molecule has 2 aromatic rings. The van der Waals surface area contributed by atoms with Crippen LogP contribution in [0.3, 0.4) is 0 Å². The van der Waals surface area contributed by atoms with Crippen LogP contribution in [0.25, 0.3) is 0 Å². The summed E-state index contributed by atoms with van der Waals surface area (Å²) < 4.78 is 0. The zero-order chi connectivity index (χ0) is 18.1. The average molecular weight is 350 g/mol. The van der Waals surface area contributed by atoms with Crippen LogP contribution in [-0.2, 0) is 4.79 Å². The summed E-state index contributed by atoms with van der Waals surface area (Å²) in [6, 6.07) is 11.3. The summed E-state index contributed by atoms with van der Waals surface area (Å²) in [7, 11) is 0. The van der Waals surface area contributed by atoms with Gasteiger partial charge in [0.05, 0.1) is 11.9 Å². The van der Waals surface area contributed by atoms with Gasteiger partial charge in [0.2, 0.25) is 5.91 Å². The largest absolute Gasteiger partial charge is 0.324 e. The van der Waals surface area contributed by atoms with Crippen molar-refractivity contribution >= 4 is 23.3 Å². The Kier molecular flexibility index (Phi) is 4.11. The van der Waals surface area contributed by atoms with Crippen molar-refractivity contribution in [3.8, 4) is 0 Å². The molecule has 2 N–H and O–H groups in total. The molecule has 3 amide bonds. The Morgan fingerprint density at radius 3 is 2.81 bits per heavy atom. The number of likely N-dealkylation sites (tertiary alicyclic amines) is 1. The van der Waals surface area contributed by atoms with Gasteiger partial charge in [0.15, 0.2) is 0 Å². The van der Waals surface area contributed by atoms with Gasteiger partial charge >= 0.3 is 6.03 Å². The maximum atomic E-state index is 12.5. The van der Waals surface area contributed by atoms with E-state index < -0.39 is 0 Å². The van der Waals surface area contributed by atoms with Crippen LogP contribution in [0.5, 0.6) is 0 Å². The van der Waals surface area contributed by atoms with Gasteiger partial charge in [-0.3, -0.25) is 9.78 Å². The van der Waals surface area contributed by atoms with Crippen molar-refractivity contribution in [2.75, 3.05) is 23.7 Å². The van der Waals surface area contributed by atoms with Crippen molar-refractivity contribution in [1.29, 1.82) is 0 Å². The highest BCUT2D eigenvalue weighted by atomic mass is 16.2. The number of amides is 3. The smallest absolute Gasteiger partial charge is 0.321 e. The minimum absolute atomic E-state index is 0.0268. The van der Waals surface area contributed by atoms with Gasteiger partial charge in [-0.2, -0.15) is 0 Å². The molecule has 1 saturated heterocycles. The van der Waals surface area contributed by atoms with Crippen LogP contribution >= 0.6 is 0 Å². The molecular formula is C20H22N4O2. The third kappa shape index (κ3) is 3.27. The highest BCUT2D eigenvalue weighted by Crippen LogP contribution is 2.58. The fourth-order valence-electron chi connectivity index (χ4n) is 3.83. The molecule has 2 heterocycles. The molecule has 2 fully saturated rings. The van der Waals surface area contributed by atoms with Gasteiger partial charge in [0, 0.05) is 36.3 Å². The van der Waals surface area contributed by atoms with E-state index in [1.165, 1.54) is 0 Å². The Morgan fingerprint density at radius 2 is 2.04 bits per heavy atom. The van der Waals surface area contributed by atoms with E-state index >= 15 is 0 Å². The molecule has 1 aliphatic carbocycles. The summed E-state index contributed by atoms with van der Waals surface area (Å²) in [5.74, 6) is -0.00146. The number of rotatable bonds is 3. The van der Waals surface area contributed by atoms with E-state index in [0.29, 0.717) is 18.8 Å². The number of benzene rings is 1. The number of pyridine rings is 1. The fraction of sp³-hybridized carbons (Fsp3) is 0.350. The van der Waals surface area contributed by atoms with Gasteiger partial charge in [-0.05, 0) is 49.6 Å². The highest BCUT2D eigenvalue weighted by Gasteiger charge is 2.61. The summed E-state index contributed by atoms with van der Waals surface area (Å²) in [4.78, 5) is 30.8. The second-order valence-electron chi connectivity index (χ2n) is 7.32. The molecule has 1 aromatic heterocycles. The van der Waals surface area contributed by atoms with Gasteiger partial charge in [0.25, 0.3) is 0 Å². The number of aryl methyl sites for hydroxylation is 1. The van der Waals surface area contributed by atoms with Crippen LogP contribution in [0, 0.1) is 18.3 Å². The number of hydrogen-bond donors (Lipinski definition) is 2. The number of carbonyl (C=O) groups excluding carboxylic acids is 2. The molecule has 1 aliphatic heterocycles. The Labute approximate surface area is 152 Å². The van der Waals surface area contributed by atoms with Gasteiger partial charge < -0.3 is 15.5 Å². The Hall–Kier alpha value is -2.89. The van der Waals surface area contributed by atoms with Crippen LogP contribution in [0.1, 0.15) is 18.4 Å². The zero-order valence-corrected chi connectivity index (χ0v) is 14.7. The molecule has 0 bridgehead atoms. The lowest BCUT2D eigenvalue weighted by molar-refractivity contribution is -0.118. The average Bonchev–Trinajstić information content (AvgIpc) is 3.16. The third-order valence-corrected chi connectivity index (χ3v) is 5.38. The molecule has 4 rings (SSSR count). The van der Waals surface area contributed by atoms with Crippen molar-refractivity contribution in [2.24, 2.45) is 11.3 Å². The number of anilines is 2. The molecule has 0 unspecified atom stereocenters. The van der Waals surface area contributed by atoms with E-state index in [0.717, 1.165) is 24.1 Å². The number of carbonyl (C=O) groups is 2. The van der Waals surface area contributed by atoms with Gasteiger partial charge in [-0.15, -0.1) is 0 Å². The number of urea groups is 1. The molecule has 6 heteroatoms. The summed E-state index contributed by atoms with van der Waals surface area (Å²) >= 11 is 0. The zero-order valence-electron chi connectivity index (χ0n) is 14.7. The summed E-state index contributed by atoms with van der Waals surface area (Å²) in [5.41, 5.74) is 2.57. The van der Waals surface area contributed by atoms with Crippen molar-refractivity contribution in [3.63, 3.8) is 0 Å². The molecular weight excluding hydrogens is 328 g/mol. The summed E-state index contributed by atoms with van der Waals surface area (Å²) in [6.45, 7) is 3.32. The van der Waals surface area contributed by atoms with E-state index in [-0.39, 0.29) is 23.3 Å². The third-order valence-electron chi connectivity index (χ3n) is 5.38. The van der Waals surface area contributed by atoms with E-state index in [9.17, 15) is 9.59 Å². The second kappa shape index (κ2) is 6.44. The summed E-state index contributed by atoms with van der Waals surface area (Å²) in [6.07, 6.45) is 5.03. The first-order valence-electron chi connectivity index (χ1n) is 8.89. The predicted molar refractivity (Wildman–Crippen MR) is 99.8 cm³/mol. The van der Waals surface area contributed by atoms with Crippen LogP contribution in [0.15, 0.2) is 48.8 Å². The number of nitrogens with one attached hydrogen (secondary N) is 2. The Morgan fingerprint density at radius 1 is 1.19 bits per heavy atom. The first-order valence-corrected chi connectivity index (χ1v) is 8.89. The quantitative estimate of drug-likeness (QED) is 0.892. The lowest BCUT2D eigenvalue weighted by Crippen LogP contribution is -2.33. The SMILES string of the molecule is Cc1cccc(NC(=O)N2CC[C@]3(C[C@H]3C(=O)Nc3cccnc3)C2)c1. The Bertz CT molecular complexity index is 839. The monoisotopic (exact) mass is 350 g/mol. The first-order chi connectivity index (χ1) is 12.6. The van der Waals surface area contributed by atoms with Crippen LogP contribution in [0.2, 0.25) is 0 Å². The molecule has 1 saturated carbocycles. The van der Waals surface area contributed by atoms with Crippen molar-refractivity contribution in [1.82, 2.24) is 9.88 Å².